The normalized spacial score (nSPS) is 10.7. The molecule has 2 aromatic heterocycles. The number of rotatable bonds is 3. The Bertz CT molecular complexity index is 667. The first kappa shape index (κ1) is 10.8. The van der Waals surface area contributed by atoms with Crippen LogP contribution >= 0.6 is 0 Å². The maximum absolute atomic E-state index is 4.34. The molecule has 4 nitrogen and oxygen atoms in total. The molecular weight excluding hydrogens is 224 g/mol. The second-order valence-corrected chi connectivity index (χ2v) is 4.25. The Kier molecular flexibility index (Phi) is 2.68. The van der Waals surface area contributed by atoms with E-state index >= 15 is 0 Å². The van der Waals surface area contributed by atoms with Crippen molar-refractivity contribution in [3.05, 3.63) is 54.5 Å². The topological polar surface area (TPSA) is 42.7 Å². The van der Waals surface area contributed by atoms with Crippen molar-refractivity contribution in [2.24, 2.45) is 7.05 Å². The highest BCUT2D eigenvalue weighted by Gasteiger charge is 2.01. The lowest BCUT2D eigenvalue weighted by Gasteiger charge is -2.07. The van der Waals surface area contributed by atoms with E-state index in [1.165, 1.54) is 5.56 Å². The molecule has 1 aromatic carbocycles. The predicted octanol–water partition coefficient (Wildman–Crippen LogP) is 2.58. The molecule has 0 saturated heterocycles. The summed E-state index contributed by atoms with van der Waals surface area (Å²) in [5.41, 5.74) is 3.27. The zero-order chi connectivity index (χ0) is 12.4. The molecule has 0 bridgehead atoms. The number of nitrogens with one attached hydrogen (secondary N) is 1. The lowest BCUT2D eigenvalue weighted by atomic mass is 10.2. The van der Waals surface area contributed by atoms with Gasteiger partial charge in [-0.05, 0) is 12.1 Å². The van der Waals surface area contributed by atoms with Crippen molar-refractivity contribution >= 4 is 16.6 Å². The molecule has 0 aliphatic carbocycles. The number of nitrogens with zero attached hydrogens (tertiary/aromatic N) is 3. The van der Waals surface area contributed by atoms with Gasteiger partial charge in [-0.25, -0.2) is 0 Å². The Hall–Kier alpha value is -2.36. The summed E-state index contributed by atoms with van der Waals surface area (Å²) in [5, 5.41) is 8.72. The fourth-order valence-corrected chi connectivity index (χ4v) is 2.01. The number of fused-ring (bicyclic) bond motifs is 1. The third kappa shape index (κ3) is 2.05. The Morgan fingerprint density at radius 3 is 2.94 bits per heavy atom. The molecule has 0 saturated carbocycles. The van der Waals surface area contributed by atoms with Gasteiger partial charge in [0.15, 0.2) is 0 Å². The van der Waals surface area contributed by atoms with Gasteiger partial charge in [0.05, 0.1) is 11.7 Å². The first-order valence-electron chi connectivity index (χ1n) is 5.88. The molecule has 4 heteroatoms. The van der Waals surface area contributed by atoms with E-state index in [9.17, 15) is 0 Å². The first-order valence-corrected chi connectivity index (χ1v) is 5.88. The van der Waals surface area contributed by atoms with Crippen LogP contribution in [-0.4, -0.2) is 14.8 Å². The van der Waals surface area contributed by atoms with E-state index in [4.69, 9.17) is 0 Å². The van der Waals surface area contributed by atoms with Gasteiger partial charge in [-0.3, -0.25) is 9.67 Å². The summed E-state index contributed by atoms with van der Waals surface area (Å²) in [6.45, 7) is 0.766. The molecule has 0 aliphatic heterocycles. The van der Waals surface area contributed by atoms with Crippen molar-refractivity contribution in [1.82, 2.24) is 14.8 Å². The smallest absolute Gasteiger partial charge is 0.0722 e. The minimum absolute atomic E-state index is 0.766. The van der Waals surface area contributed by atoms with Gasteiger partial charge in [-0.1, -0.05) is 18.2 Å². The van der Waals surface area contributed by atoms with E-state index in [-0.39, 0.29) is 0 Å². The number of aromatic nitrogens is 3. The number of pyridine rings is 1. The zero-order valence-corrected chi connectivity index (χ0v) is 10.2. The average Bonchev–Trinajstić information content (AvgIpc) is 2.82. The summed E-state index contributed by atoms with van der Waals surface area (Å²) in [4.78, 5) is 4.34. The number of hydrogen-bond donors (Lipinski definition) is 1. The van der Waals surface area contributed by atoms with Crippen LogP contribution in [0, 0.1) is 0 Å². The second kappa shape index (κ2) is 4.49. The van der Waals surface area contributed by atoms with Crippen LogP contribution in [0.5, 0.6) is 0 Å². The minimum Gasteiger partial charge on any atom is -0.380 e. The summed E-state index contributed by atoms with van der Waals surface area (Å²) in [5.74, 6) is 0. The van der Waals surface area contributed by atoms with E-state index in [1.807, 2.05) is 54.6 Å². The van der Waals surface area contributed by atoms with Crippen molar-refractivity contribution in [2.75, 3.05) is 5.32 Å². The van der Waals surface area contributed by atoms with Crippen LogP contribution in [-0.2, 0) is 13.6 Å². The van der Waals surface area contributed by atoms with Crippen LogP contribution in [0.15, 0.2) is 48.9 Å². The number of aryl methyl sites for hydroxylation is 1. The highest BCUT2D eigenvalue weighted by atomic mass is 15.2. The molecule has 18 heavy (non-hydrogen) atoms. The van der Waals surface area contributed by atoms with Crippen LogP contribution < -0.4 is 5.32 Å². The van der Waals surface area contributed by atoms with E-state index in [0.717, 1.165) is 23.1 Å². The molecule has 3 aromatic rings. The van der Waals surface area contributed by atoms with Gasteiger partial charge in [-0.15, -0.1) is 0 Å². The van der Waals surface area contributed by atoms with E-state index in [1.54, 1.807) is 0 Å². The molecule has 1 N–H and O–H groups in total. The number of para-hydroxylation sites is 1. The van der Waals surface area contributed by atoms with E-state index in [0.29, 0.717) is 0 Å². The Morgan fingerprint density at radius 1 is 1.22 bits per heavy atom. The molecule has 0 fully saturated rings. The Morgan fingerprint density at radius 2 is 2.11 bits per heavy atom. The number of anilines is 1. The summed E-state index contributed by atoms with van der Waals surface area (Å²) >= 11 is 0. The average molecular weight is 238 g/mol. The van der Waals surface area contributed by atoms with Gasteiger partial charge < -0.3 is 5.32 Å². The zero-order valence-electron chi connectivity index (χ0n) is 10.2. The molecule has 90 valence electrons. The molecule has 3 rings (SSSR count). The molecule has 0 radical (unpaired) electrons. The van der Waals surface area contributed by atoms with Gasteiger partial charge >= 0.3 is 0 Å². The van der Waals surface area contributed by atoms with Crippen molar-refractivity contribution in [1.29, 1.82) is 0 Å². The highest BCUT2D eigenvalue weighted by Crippen LogP contribution is 2.21. The lowest BCUT2D eigenvalue weighted by Crippen LogP contribution is -1.99. The monoisotopic (exact) mass is 238 g/mol. The predicted molar refractivity (Wildman–Crippen MR) is 72.3 cm³/mol. The second-order valence-electron chi connectivity index (χ2n) is 4.25. The van der Waals surface area contributed by atoms with Crippen molar-refractivity contribution in [3.8, 4) is 0 Å². The molecule has 2 heterocycles. The molecule has 0 unspecified atom stereocenters. The summed E-state index contributed by atoms with van der Waals surface area (Å²) in [6.07, 6.45) is 5.71. The van der Waals surface area contributed by atoms with Crippen molar-refractivity contribution in [3.63, 3.8) is 0 Å². The van der Waals surface area contributed by atoms with Crippen LogP contribution in [0.25, 0.3) is 10.9 Å². The van der Waals surface area contributed by atoms with Gasteiger partial charge in [0.2, 0.25) is 0 Å². The highest BCUT2D eigenvalue weighted by molar-refractivity contribution is 5.90. The van der Waals surface area contributed by atoms with Gasteiger partial charge in [0.25, 0.3) is 0 Å². The van der Waals surface area contributed by atoms with Crippen LogP contribution in [0.3, 0.4) is 0 Å². The largest absolute Gasteiger partial charge is 0.380 e. The Balaban J connectivity index is 1.86. The summed E-state index contributed by atoms with van der Waals surface area (Å²) in [6, 6.07) is 10.1. The quantitative estimate of drug-likeness (QED) is 0.762. The van der Waals surface area contributed by atoms with E-state index < -0.39 is 0 Å². The van der Waals surface area contributed by atoms with Crippen LogP contribution in [0.2, 0.25) is 0 Å². The lowest BCUT2D eigenvalue weighted by molar-refractivity contribution is 0.767. The minimum atomic E-state index is 0.766. The molecule has 0 spiro atoms. The fraction of sp³-hybridized carbons (Fsp3) is 0.143. The fourth-order valence-electron chi connectivity index (χ4n) is 2.01. The molecule has 0 amide bonds. The van der Waals surface area contributed by atoms with Crippen LogP contribution in [0.4, 0.5) is 5.69 Å². The van der Waals surface area contributed by atoms with Gasteiger partial charge in [0.1, 0.15) is 0 Å². The maximum atomic E-state index is 4.34. The first-order chi connectivity index (χ1) is 8.83. The van der Waals surface area contributed by atoms with Gasteiger partial charge in [0, 0.05) is 42.6 Å². The van der Waals surface area contributed by atoms with Crippen molar-refractivity contribution < 1.29 is 0 Å². The standard InChI is InChI=1S/C14H14N4/c1-18-10-11(9-17-18)8-16-14-6-7-15-13-5-3-2-4-12(13)14/h2-7,9-10H,8H2,1H3,(H,15,16). The number of hydrogen-bond acceptors (Lipinski definition) is 3. The third-order valence-corrected chi connectivity index (χ3v) is 2.89. The SMILES string of the molecule is Cn1cc(CNc2ccnc3ccccc23)cn1. The molecular formula is C14H14N4. The summed E-state index contributed by atoms with van der Waals surface area (Å²) < 4.78 is 1.81. The van der Waals surface area contributed by atoms with Gasteiger partial charge in [-0.2, -0.15) is 5.10 Å². The van der Waals surface area contributed by atoms with E-state index in [2.05, 4.69) is 21.5 Å². The third-order valence-electron chi connectivity index (χ3n) is 2.89. The summed E-state index contributed by atoms with van der Waals surface area (Å²) in [7, 11) is 1.92. The number of benzene rings is 1. The maximum Gasteiger partial charge on any atom is 0.0722 e. The molecule has 0 aliphatic rings. The van der Waals surface area contributed by atoms with Crippen molar-refractivity contribution in [2.45, 2.75) is 6.54 Å². The molecule has 0 atom stereocenters. The Labute approximate surface area is 105 Å². The van der Waals surface area contributed by atoms with Crippen LogP contribution in [0.1, 0.15) is 5.56 Å².